The monoisotopic (exact) mass is 317 g/mol. The van der Waals surface area contributed by atoms with Crippen LogP contribution in [0.25, 0.3) is 11.3 Å². The van der Waals surface area contributed by atoms with Crippen LogP contribution < -0.4 is 11.2 Å². The van der Waals surface area contributed by atoms with E-state index in [1.165, 1.54) is 6.21 Å². The first-order valence-electron chi connectivity index (χ1n) is 6.56. The average Bonchev–Trinajstić information content (AvgIpc) is 2.96. The van der Waals surface area contributed by atoms with E-state index in [2.05, 4.69) is 22.7 Å². The van der Waals surface area contributed by atoms with E-state index in [9.17, 15) is 4.79 Å². The molecule has 1 heterocycles. The number of nitrogens with two attached hydrogens (primary N) is 1. The number of thiocarbonyl (C=S) groups is 1. The second-order valence-corrected chi connectivity index (χ2v) is 4.67. The van der Waals surface area contributed by atoms with Crippen LogP contribution in [0.2, 0.25) is 0 Å². The molecule has 0 bridgehead atoms. The van der Waals surface area contributed by atoms with Crippen molar-refractivity contribution in [2.75, 3.05) is 6.61 Å². The minimum Gasteiger partial charge on any atom is -0.462 e. The van der Waals surface area contributed by atoms with Crippen LogP contribution >= 0.6 is 12.2 Å². The van der Waals surface area contributed by atoms with Crippen molar-refractivity contribution in [2.45, 2.75) is 6.92 Å². The maximum Gasteiger partial charge on any atom is 0.338 e. The zero-order valence-electron chi connectivity index (χ0n) is 11.9. The number of esters is 1. The van der Waals surface area contributed by atoms with E-state index in [0.29, 0.717) is 23.7 Å². The number of nitrogens with zero attached hydrogens (tertiary/aromatic N) is 1. The number of carbonyl (C=O) groups excluding carboxylic acids is 1. The van der Waals surface area contributed by atoms with Gasteiger partial charge in [-0.05, 0) is 43.4 Å². The van der Waals surface area contributed by atoms with Gasteiger partial charge in [-0.15, -0.1) is 0 Å². The summed E-state index contributed by atoms with van der Waals surface area (Å²) >= 11 is 4.63. The second kappa shape index (κ2) is 7.37. The fourth-order valence-electron chi connectivity index (χ4n) is 1.72. The van der Waals surface area contributed by atoms with Gasteiger partial charge < -0.3 is 14.9 Å². The first kappa shape index (κ1) is 15.7. The molecule has 3 N–H and O–H groups in total. The van der Waals surface area contributed by atoms with Gasteiger partial charge in [-0.3, -0.25) is 5.43 Å². The molecule has 0 spiro atoms. The molecule has 2 rings (SSSR count). The summed E-state index contributed by atoms with van der Waals surface area (Å²) in [6.45, 7) is 2.12. The van der Waals surface area contributed by atoms with Crippen LogP contribution in [0.15, 0.2) is 45.9 Å². The van der Waals surface area contributed by atoms with E-state index in [1.54, 1.807) is 37.3 Å². The minimum absolute atomic E-state index is 0.0811. The van der Waals surface area contributed by atoms with Gasteiger partial charge in [0.05, 0.1) is 18.4 Å². The topological polar surface area (TPSA) is 89.8 Å². The number of hydrogen-bond donors (Lipinski definition) is 2. The molecule has 0 radical (unpaired) electrons. The zero-order chi connectivity index (χ0) is 15.9. The quantitative estimate of drug-likeness (QED) is 0.380. The number of carbonyl (C=O) groups is 1. The van der Waals surface area contributed by atoms with E-state index in [0.717, 1.165) is 5.56 Å². The Morgan fingerprint density at radius 3 is 2.73 bits per heavy atom. The van der Waals surface area contributed by atoms with Crippen LogP contribution in [0.4, 0.5) is 0 Å². The van der Waals surface area contributed by atoms with Gasteiger partial charge in [-0.25, -0.2) is 4.79 Å². The Labute approximate surface area is 132 Å². The third kappa shape index (κ3) is 4.16. The van der Waals surface area contributed by atoms with Gasteiger partial charge in [0.25, 0.3) is 0 Å². The van der Waals surface area contributed by atoms with E-state index in [4.69, 9.17) is 14.9 Å². The van der Waals surface area contributed by atoms with Crippen molar-refractivity contribution in [3.8, 4) is 11.3 Å². The molecule has 22 heavy (non-hydrogen) atoms. The van der Waals surface area contributed by atoms with Crippen LogP contribution in [-0.4, -0.2) is 23.9 Å². The number of hydrazone groups is 1. The molecule has 0 unspecified atom stereocenters. The Morgan fingerprint density at radius 2 is 2.09 bits per heavy atom. The lowest BCUT2D eigenvalue weighted by molar-refractivity contribution is 0.0526. The van der Waals surface area contributed by atoms with E-state index in [-0.39, 0.29) is 11.1 Å². The summed E-state index contributed by atoms with van der Waals surface area (Å²) in [6, 6.07) is 10.5. The number of rotatable bonds is 5. The summed E-state index contributed by atoms with van der Waals surface area (Å²) < 4.78 is 10.5. The lowest BCUT2D eigenvalue weighted by atomic mass is 10.1. The van der Waals surface area contributed by atoms with Gasteiger partial charge in [-0.2, -0.15) is 5.10 Å². The van der Waals surface area contributed by atoms with E-state index in [1.807, 2.05) is 6.07 Å². The van der Waals surface area contributed by atoms with Gasteiger partial charge in [0.2, 0.25) is 0 Å². The van der Waals surface area contributed by atoms with Crippen molar-refractivity contribution in [3.05, 3.63) is 47.7 Å². The molecule has 6 nitrogen and oxygen atoms in total. The molecule has 0 aliphatic rings. The van der Waals surface area contributed by atoms with Gasteiger partial charge in [0.15, 0.2) is 5.11 Å². The SMILES string of the molecule is CCOC(=O)c1ccc(-c2ccc(/C=N\NC(N)=S)o2)cc1. The highest BCUT2D eigenvalue weighted by Gasteiger charge is 2.08. The van der Waals surface area contributed by atoms with E-state index < -0.39 is 0 Å². The van der Waals surface area contributed by atoms with Gasteiger partial charge in [-0.1, -0.05) is 12.1 Å². The van der Waals surface area contributed by atoms with Crippen LogP contribution in [0.5, 0.6) is 0 Å². The maximum atomic E-state index is 11.6. The molecule has 1 aromatic heterocycles. The normalized spacial score (nSPS) is 10.6. The minimum atomic E-state index is -0.342. The molecule has 0 saturated carbocycles. The van der Waals surface area contributed by atoms with Crippen molar-refractivity contribution in [2.24, 2.45) is 10.8 Å². The average molecular weight is 317 g/mol. The Balaban J connectivity index is 2.09. The summed E-state index contributed by atoms with van der Waals surface area (Å²) in [5.74, 6) is 0.866. The first-order valence-corrected chi connectivity index (χ1v) is 6.97. The molecule has 0 atom stereocenters. The Bertz CT molecular complexity index is 692. The largest absolute Gasteiger partial charge is 0.462 e. The summed E-state index contributed by atoms with van der Waals surface area (Å²) in [5, 5.41) is 3.89. The number of benzene rings is 1. The Morgan fingerprint density at radius 1 is 1.36 bits per heavy atom. The highest BCUT2D eigenvalue weighted by molar-refractivity contribution is 7.80. The molecule has 2 aromatic rings. The molecule has 7 heteroatoms. The van der Waals surface area contributed by atoms with Crippen LogP contribution in [0.3, 0.4) is 0 Å². The fourth-order valence-corrected chi connectivity index (χ4v) is 1.77. The van der Waals surface area contributed by atoms with Crippen LogP contribution in [0.1, 0.15) is 23.0 Å². The van der Waals surface area contributed by atoms with Crippen molar-refractivity contribution in [1.29, 1.82) is 0 Å². The number of furan rings is 1. The van der Waals surface area contributed by atoms with Crippen molar-refractivity contribution < 1.29 is 13.9 Å². The molecule has 0 aliphatic heterocycles. The van der Waals surface area contributed by atoms with Crippen molar-refractivity contribution >= 4 is 29.5 Å². The predicted molar refractivity (Wildman–Crippen MR) is 87.6 cm³/mol. The predicted octanol–water partition coefficient (Wildman–Crippen LogP) is 2.29. The lowest BCUT2D eigenvalue weighted by Gasteiger charge is -2.02. The summed E-state index contributed by atoms with van der Waals surface area (Å²) in [6.07, 6.45) is 1.47. The molecule has 0 amide bonds. The third-order valence-electron chi connectivity index (χ3n) is 2.67. The Kier molecular flexibility index (Phi) is 5.26. The molecule has 0 fully saturated rings. The van der Waals surface area contributed by atoms with Crippen LogP contribution in [-0.2, 0) is 4.74 Å². The smallest absolute Gasteiger partial charge is 0.338 e. The molecule has 0 aliphatic carbocycles. The summed E-state index contributed by atoms with van der Waals surface area (Å²) in [4.78, 5) is 11.6. The number of hydrogen-bond acceptors (Lipinski definition) is 5. The van der Waals surface area contributed by atoms with Crippen molar-refractivity contribution in [3.63, 3.8) is 0 Å². The number of ether oxygens (including phenoxy) is 1. The van der Waals surface area contributed by atoms with Gasteiger partial charge >= 0.3 is 5.97 Å². The highest BCUT2D eigenvalue weighted by Crippen LogP contribution is 2.22. The van der Waals surface area contributed by atoms with Crippen LogP contribution in [0, 0.1) is 0 Å². The van der Waals surface area contributed by atoms with E-state index >= 15 is 0 Å². The Hall–Kier alpha value is -2.67. The highest BCUT2D eigenvalue weighted by atomic mass is 32.1. The lowest BCUT2D eigenvalue weighted by Crippen LogP contribution is -2.23. The molecule has 114 valence electrons. The fraction of sp³-hybridized carbons (Fsp3) is 0.133. The summed E-state index contributed by atoms with van der Waals surface area (Å²) in [7, 11) is 0. The first-order chi connectivity index (χ1) is 10.6. The van der Waals surface area contributed by atoms with Crippen molar-refractivity contribution in [1.82, 2.24) is 5.43 Å². The molecular formula is C15H15N3O3S. The molecular weight excluding hydrogens is 302 g/mol. The zero-order valence-corrected chi connectivity index (χ0v) is 12.7. The molecule has 1 aromatic carbocycles. The second-order valence-electron chi connectivity index (χ2n) is 4.23. The third-order valence-corrected chi connectivity index (χ3v) is 2.77. The number of nitrogens with one attached hydrogen (secondary N) is 1. The summed E-state index contributed by atoms with van der Waals surface area (Å²) in [5.41, 5.74) is 9.04. The molecule has 0 saturated heterocycles. The van der Waals surface area contributed by atoms with Gasteiger partial charge in [0, 0.05) is 5.56 Å². The standard InChI is InChI=1S/C15H15N3O3S/c1-2-20-14(19)11-5-3-10(4-6-11)13-8-7-12(21-13)9-17-18-15(16)22/h3-9H,2H2,1H3,(H3,16,18,22)/b17-9-. The van der Waals surface area contributed by atoms with Gasteiger partial charge in [0.1, 0.15) is 11.5 Å². The maximum absolute atomic E-state index is 11.6.